The fraction of sp³-hybridized carbons (Fsp3) is 0.261. The SMILES string of the molecule is O=C1C[C@@H](c2cccc(Cl)c2)Cc2nc(N3CCc4ccccc4C3)ncc21. The second-order valence-electron chi connectivity index (χ2n) is 7.55. The first-order valence-electron chi connectivity index (χ1n) is 9.63. The monoisotopic (exact) mass is 389 g/mol. The highest BCUT2D eigenvalue weighted by molar-refractivity contribution is 6.30. The molecule has 2 heterocycles. The number of carbonyl (C=O) groups excluding carboxylic acids is 1. The second-order valence-corrected chi connectivity index (χ2v) is 7.99. The van der Waals surface area contributed by atoms with Gasteiger partial charge in [-0.05, 0) is 47.6 Å². The molecule has 1 aliphatic heterocycles. The van der Waals surface area contributed by atoms with Gasteiger partial charge < -0.3 is 4.90 Å². The Bertz CT molecular complexity index is 1070. The molecule has 0 saturated heterocycles. The Morgan fingerprint density at radius 3 is 2.75 bits per heavy atom. The predicted octanol–water partition coefficient (Wildman–Crippen LogP) is 4.61. The summed E-state index contributed by atoms with van der Waals surface area (Å²) in [4.78, 5) is 24.2. The molecule has 0 unspecified atom stereocenters. The molecule has 0 bridgehead atoms. The Morgan fingerprint density at radius 2 is 1.89 bits per heavy atom. The van der Waals surface area contributed by atoms with Crippen LogP contribution in [0.3, 0.4) is 0 Å². The van der Waals surface area contributed by atoms with E-state index in [1.165, 1.54) is 11.1 Å². The van der Waals surface area contributed by atoms with E-state index in [0.29, 0.717) is 23.0 Å². The van der Waals surface area contributed by atoms with Crippen LogP contribution >= 0.6 is 11.6 Å². The van der Waals surface area contributed by atoms with Gasteiger partial charge in [0.15, 0.2) is 5.78 Å². The van der Waals surface area contributed by atoms with Crippen molar-refractivity contribution < 1.29 is 4.79 Å². The molecule has 1 aromatic heterocycles. The Hall–Kier alpha value is -2.72. The van der Waals surface area contributed by atoms with E-state index in [2.05, 4.69) is 34.1 Å². The van der Waals surface area contributed by atoms with E-state index in [0.717, 1.165) is 37.2 Å². The number of benzene rings is 2. The summed E-state index contributed by atoms with van der Waals surface area (Å²) in [6, 6.07) is 16.3. The van der Waals surface area contributed by atoms with Gasteiger partial charge in [0.25, 0.3) is 0 Å². The summed E-state index contributed by atoms with van der Waals surface area (Å²) in [5.41, 5.74) is 5.33. The van der Waals surface area contributed by atoms with Gasteiger partial charge in [-0.1, -0.05) is 48.0 Å². The summed E-state index contributed by atoms with van der Waals surface area (Å²) in [5, 5.41) is 0.700. The number of Topliss-reactive ketones (excluding diaryl/α,β-unsaturated/α-hetero) is 1. The van der Waals surface area contributed by atoms with Crippen molar-refractivity contribution in [3.63, 3.8) is 0 Å². The number of nitrogens with zero attached hydrogens (tertiary/aromatic N) is 3. The zero-order valence-electron chi connectivity index (χ0n) is 15.4. The molecule has 5 heteroatoms. The van der Waals surface area contributed by atoms with E-state index in [1.54, 1.807) is 6.20 Å². The normalized spacial score (nSPS) is 18.5. The van der Waals surface area contributed by atoms with Crippen LogP contribution in [-0.4, -0.2) is 22.3 Å². The number of hydrogen-bond acceptors (Lipinski definition) is 4. The minimum Gasteiger partial charge on any atom is -0.336 e. The maximum absolute atomic E-state index is 12.7. The highest BCUT2D eigenvalue weighted by atomic mass is 35.5. The van der Waals surface area contributed by atoms with E-state index in [1.807, 2.05) is 24.3 Å². The van der Waals surface area contributed by atoms with Gasteiger partial charge in [-0.15, -0.1) is 0 Å². The number of ketones is 1. The quantitative estimate of drug-likeness (QED) is 0.642. The van der Waals surface area contributed by atoms with Crippen LogP contribution in [0.2, 0.25) is 5.02 Å². The van der Waals surface area contributed by atoms with Crippen LogP contribution in [0, 0.1) is 0 Å². The van der Waals surface area contributed by atoms with Crippen LogP contribution in [0.25, 0.3) is 0 Å². The van der Waals surface area contributed by atoms with Crippen molar-refractivity contribution in [2.45, 2.75) is 31.7 Å². The number of anilines is 1. The van der Waals surface area contributed by atoms with Crippen LogP contribution in [0.15, 0.2) is 54.7 Å². The Labute approximate surface area is 169 Å². The summed E-state index contributed by atoms with van der Waals surface area (Å²) in [7, 11) is 0. The van der Waals surface area contributed by atoms with Gasteiger partial charge in [0.2, 0.25) is 5.95 Å². The summed E-state index contributed by atoms with van der Waals surface area (Å²) < 4.78 is 0. The molecular weight excluding hydrogens is 370 g/mol. The Morgan fingerprint density at radius 1 is 1.04 bits per heavy atom. The lowest BCUT2D eigenvalue weighted by atomic mass is 9.82. The highest BCUT2D eigenvalue weighted by Crippen LogP contribution is 2.33. The van der Waals surface area contributed by atoms with Gasteiger partial charge in [-0.25, -0.2) is 9.97 Å². The van der Waals surface area contributed by atoms with Gasteiger partial charge in [0.1, 0.15) is 0 Å². The number of aromatic nitrogens is 2. The molecule has 140 valence electrons. The van der Waals surface area contributed by atoms with Crippen LogP contribution in [0.1, 0.15) is 45.1 Å². The number of hydrogen-bond donors (Lipinski definition) is 0. The van der Waals surface area contributed by atoms with Gasteiger partial charge in [-0.2, -0.15) is 0 Å². The fourth-order valence-electron chi connectivity index (χ4n) is 4.25. The molecule has 3 aromatic rings. The molecule has 0 spiro atoms. The van der Waals surface area contributed by atoms with Crippen molar-refractivity contribution in [2.75, 3.05) is 11.4 Å². The van der Waals surface area contributed by atoms with E-state index >= 15 is 0 Å². The lowest BCUT2D eigenvalue weighted by molar-refractivity contribution is 0.0962. The number of fused-ring (bicyclic) bond motifs is 2. The third kappa shape index (κ3) is 3.18. The first-order valence-corrected chi connectivity index (χ1v) is 10.0. The molecule has 5 rings (SSSR count). The first-order chi connectivity index (χ1) is 13.7. The lowest BCUT2D eigenvalue weighted by Gasteiger charge is -2.30. The van der Waals surface area contributed by atoms with Crippen molar-refractivity contribution in [1.29, 1.82) is 0 Å². The third-order valence-electron chi connectivity index (χ3n) is 5.76. The fourth-order valence-corrected chi connectivity index (χ4v) is 4.45. The molecule has 4 nitrogen and oxygen atoms in total. The van der Waals surface area contributed by atoms with E-state index in [4.69, 9.17) is 16.6 Å². The van der Waals surface area contributed by atoms with Crippen molar-refractivity contribution in [2.24, 2.45) is 0 Å². The standard InChI is InChI=1S/C23H20ClN3O/c24-19-7-3-6-16(10-19)18-11-21-20(22(28)12-18)13-25-23(26-21)27-9-8-15-4-1-2-5-17(15)14-27/h1-7,10,13,18H,8-9,11-12,14H2/t18-/m0/s1. The number of halogens is 1. The minimum atomic E-state index is 0.113. The average molecular weight is 390 g/mol. The van der Waals surface area contributed by atoms with Gasteiger partial charge in [0, 0.05) is 30.7 Å². The second kappa shape index (κ2) is 7.02. The minimum absolute atomic E-state index is 0.113. The average Bonchev–Trinajstić information content (AvgIpc) is 2.73. The van der Waals surface area contributed by atoms with E-state index in [-0.39, 0.29) is 11.7 Å². The van der Waals surface area contributed by atoms with Gasteiger partial charge in [-0.3, -0.25) is 4.79 Å². The van der Waals surface area contributed by atoms with Crippen molar-refractivity contribution in [3.8, 4) is 0 Å². The maximum atomic E-state index is 12.7. The molecule has 0 radical (unpaired) electrons. The first kappa shape index (κ1) is 17.4. The lowest BCUT2D eigenvalue weighted by Crippen LogP contribution is -2.32. The topological polar surface area (TPSA) is 46.1 Å². The molecule has 0 saturated carbocycles. The summed E-state index contributed by atoms with van der Waals surface area (Å²) in [5.74, 6) is 0.943. The van der Waals surface area contributed by atoms with E-state index < -0.39 is 0 Å². The van der Waals surface area contributed by atoms with Gasteiger partial charge >= 0.3 is 0 Å². The van der Waals surface area contributed by atoms with Crippen molar-refractivity contribution >= 4 is 23.3 Å². The summed E-state index contributed by atoms with van der Waals surface area (Å²) >= 11 is 6.15. The van der Waals surface area contributed by atoms with Crippen LogP contribution < -0.4 is 4.90 Å². The highest BCUT2D eigenvalue weighted by Gasteiger charge is 2.29. The van der Waals surface area contributed by atoms with Crippen LogP contribution in [-0.2, 0) is 19.4 Å². The molecule has 0 fully saturated rings. The molecule has 2 aromatic carbocycles. The molecule has 28 heavy (non-hydrogen) atoms. The largest absolute Gasteiger partial charge is 0.336 e. The molecular formula is C23H20ClN3O. The Kier molecular flexibility index (Phi) is 4.36. The molecule has 1 aliphatic carbocycles. The predicted molar refractivity (Wildman–Crippen MR) is 110 cm³/mol. The van der Waals surface area contributed by atoms with Crippen LogP contribution in [0.5, 0.6) is 0 Å². The Balaban J connectivity index is 1.44. The molecule has 0 N–H and O–H groups in total. The number of carbonyl (C=O) groups is 1. The zero-order chi connectivity index (χ0) is 19.1. The summed E-state index contributed by atoms with van der Waals surface area (Å²) in [6.07, 6.45) is 3.92. The van der Waals surface area contributed by atoms with E-state index in [9.17, 15) is 4.79 Å². The van der Waals surface area contributed by atoms with Gasteiger partial charge in [0.05, 0.1) is 11.3 Å². The molecule has 0 amide bonds. The summed E-state index contributed by atoms with van der Waals surface area (Å²) in [6.45, 7) is 1.70. The maximum Gasteiger partial charge on any atom is 0.225 e. The van der Waals surface area contributed by atoms with Crippen molar-refractivity contribution in [3.05, 3.63) is 87.7 Å². The zero-order valence-corrected chi connectivity index (χ0v) is 16.2. The number of rotatable bonds is 2. The van der Waals surface area contributed by atoms with Crippen LogP contribution in [0.4, 0.5) is 5.95 Å². The molecule has 1 atom stereocenters. The molecule has 2 aliphatic rings. The smallest absolute Gasteiger partial charge is 0.225 e. The van der Waals surface area contributed by atoms with Crippen molar-refractivity contribution in [1.82, 2.24) is 9.97 Å². The third-order valence-corrected chi connectivity index (χ3v) is 6.00.